The third-order valence-corrected chi connectivity index (χ3v) is 6.38. The fourth-order valence-electron chi connectivity index (χ4n) is 3.50. The first-order valence-electron chi connectivity index (χ1n) is 9.60. The summed E-state index contributed by atoms with van der Waals surface area (Å²) in [5.74, 6) is 0.930. The lowest BCUT2D eigenvalue weighted by atomic mass is 10.0. The van der Waals surface area contributed by atoms with Gasteiger partial charge >= 0.3 is 0 Å². The quantitative estimate of drug-likeness (QED) is 0.306. The summed E-state index contributed by atoms with van der Waals surface area (Å²) >= 11 is 7.74. The SMILES string of the molecule is COc1cc2ccccc2cc1C(=O)N(Cc1ccco1)c1nc2c(Cl)cccc2s1. The van der Waals surface area contributed by atoms with Crippen LogP contribution in [0.25, 0.3) is 21.0 Å². The molecule has 0 atom stereocenters. The molecular formula is C24H17ClN2O3S. The average Bonchev–Trinajstić information content (AvgIpc) is 3.46. The van der Waals surface area contributed by atoms with Crippen molar-refractivity contribution in [3.8, 4) is 5.75 Å². The van der Waals surface area contributed by atoms with E-state index in [2.05, 4.69) is 4.98 Å². The van der Waals surface area contributed by atoms with Gasteiger partial charge in [-0.15, -0.1) is 0 Å². The molecule has 0 N–H and O–H groups in total. The zero-order valence-electron chi connectivity index (χ0n) is 16.5. The lowest BCUT2D eigenvalue weighted by Crippen LogP contribution is -2.30. The molecule has 154 valence electrons. The Morgan fingerprint density at radius 2 is 1.90 bits per heavy atom. The van der Waals surface area contributed by atoms with Crippen LogP contribution >= 0.6 is 22.9 Å². The van der Waals surface area contributed by atoms with Gasteiger partial charge in [0.05, 0.1) is 35.2 Å². The maximum atomic E-state index is 13.8. The zero-order valence-corrected chi connectivity index (χ0v) is 18.1. The van der Waals surface area contributed by atoms with Crippen LogP contribution in [0.4, 0.5) is 5.13 Å². The van der Waals surface area contributed by atoms with Crippen LogP contribution in [-0.4, -0.2) is 18.0 Å². The number of anilines is 1. The van der Waals surface area contributed by atoms with Crippen molar-refractivity contribution in [1.29, 1.82) is 0 Å². The van der Waals surface area contributed by atoms with E-state index in [1.165, 1.54) is 11.3 Å². The van der Waals surface area contributed by atoms with Gasteiger partial charge in [0.25, 0.3) is 5.91 Å². The van der Waals surface area contributed by atoms with Crippen LogP contribution in [0.2, 0.25) is 5.02 Å². The van der Waals surface area contributed by atoms with Crippen molar-refractivity contribution in [2.75, 3.05) is 12.0 Å². The summed E-state index contributed by atoms with van der Waals surface area (Å²) < 4.78 is 12.0. The number of halogens is 1. The minimum atomic E-state index is -0.228. The topological polar surface area (TPSA) is 55.6 Å². The second-order valence-electron chi connectivity index (χ2n) is 6.95. The lowest BCUT2D eigenvalue weighted by molar-refractivity contribution is 0.0980. The molecule has 2 heterocycles. The molecule has 5 nitrogen and oxygen atoms in total. The number of furan rings is 1. The monoisotopic (exact) mass is 448 g/mol. The zero-order chi connectivity index (χ0) is 21.4. The van der Waals surface area contributed by atoms with E-state index in [0.717, 1.165) is 15.5 Å². The summed E-state index contributed by atoms with van der Waals surface area (Å²) in [4.78, 5) is 20.1. The molecule has 2 aromatic heterocycles. The fraction of sp³-hybridized carbons (Fsp3) is 0.0833. The first-order chi connectivity index (χ1) is 15.1. The second kappa shape index (κ2) is 8.06. The molecule has 1 amide bonds. The third-order valence-electron chi connectivity index (χ3n) is 5.03. The summed E-state index contributed by atoms with van der Waals surface area (Å²) in [5.41, 5.74) is 1.13. The number of carbonyl (C=O) groups excluding carboxylic acids is 1. The summed E-state index contributed by atoms with van der Waals surface area (Å²) in [5, 5.41) is 3.05. The molecule has 7 heteroatoms. The Morgan fingerprint density at radius 3 is 2.61 bits per heavy atom. The van der Waals surface area contributed by atoms with Crippen LogP contribution in [0.1, 0.15) is 16.1 Å². The molecule has 0 bridgehead atoms. The van der Waals surface area contributed by atoms with Crippen molar-refractivity contribution < 1.29 is 13.9 Å². The number of hydrogen-bond donors (Lipinski definition) is 0. The van der Waals surface area contributed by atoms with E-state index in [0.29, 0.717) is 32.7 Å². The van der Waals surface area contributed by atoms with Gasteiger partial charge in [0.15, 0.2) is 5.13 Å². The normalized spacial score (nSPS) is 11.2. The molecule has 0 radical (unpaired) electrons. The van der Waals surface area contributed by atoms with Crippen LogP contribution in [-0.2, 0) is 6.54 Å². The molecule has 0 aliphatic carbocycles. The Labute approximate surface area is 187 Å². The highest BCUT2D eigenvalue weighted by Crippen LogP contribution is 2.35. The molecule has 0 saturated heterocycles. The number of rotatable bonds is 5. The number of ether oxygens (including phenoxy) is 1. The van der Waals surface area contributed by atoms with E-state index in [4.69, 9.17) is 20.8 Å². The van der Waals surface area contributed by atoms with Crippen molar-refractivity contribution >= 4 is 55.0 Å². The van der Waals surface area contributed by atoms with E-state index >= 15 is 0 Å². The van der Waals surface area contributed by atoms with Gasteiger partial charge in [-0.05, 0) is 47.2 Å². The number of nitrogens with zero attached hydrogens (tertiary/aromatic N) is 2. The van der Waals surface area contributed by atoms with Crippen LogP contribution in [0.3, 0.4) is 0 Å². The summed E-state index contributed by atoms with van der Waals surface area (Å²) in [6.07, 6.45) is 1.59. The molecular weight excluding hydrogens is 432 g/mol. The van der Waals surface area contributed by atoms with Crippen molar-refractivity contribution in [1.82, 2.24) is 4.98 Å². The van der Waals surface area contributed by atoms with Crippen molar-refractivity contribution in [3.63, 3.8) is 0 Å². The van der Waals surface area contributed by atoms with Crippen LogP contribution in [0.15, 0.2) is 77.4 Å². The van der Waals surface area contributed by atoms with Crippen molar-refractivity contribution in [2.24, 2.45) is 0 Å². The highest BCUT2D eigenvalue weighted by Gasteiger charge is 2.26. The standard InChI is InChI=1S/C24H17ClN2O3S/c1-29-20-13-16-7-3-2-6-15(16)12-18(20)23(28)27(14-17-8-5-11-30-17)24-26-22-19(25)9-4-10-21(22)31-24/h2-13H,14H2,1H3. The van der Waals surface area contributed by atoms with E-state index in [9.17, 15) is 4.79 Å². The van der Waals surface area contributed by atoms with Gasteiger partial charge in [-0.25, -0.2) is 4.98 Å². The highest BCUT2D eigenvalue weighted by atomic mass is 35.5. The van der Waals surface area contributed by atoms with Gasteiger partial charge in [0.2, 0.25) is 0 Å². The minimum absolute atomic E-state index is 0.228. The summed E-state index contributed by atoms with van der Waals surface area (Å²) in [7, 11) is 1.56. The highest BCUT2D eigenvalue weighted by molar-refractivity contribution is 7.22. The smallest absolute Gasteiger partial charge is 0.264 e. The number of benzene rings is 3. The predicted molar refractivity (Wildman–Crippen MR) is 124 cm³/mol. The number of thiazole rings is 1. The van der Waals surface area contributed by atoms with Gasteiger partial charge in [0.1, 0.15) is 17.0 Å². The Hall–Kier alpha value is -3.35. The average molecular weight is 449 g/mol. The van der Waals surface area contributed by atoms with Gasteiger partial charge in [0, 0.05) is 0 Å². The Balaban J connectivity index is 1.64. The van der Waals surface area contributed by atoms with E-state index in [1.807, 2.05) is 54.6 Å². The largest absolute Gasteiger partial charge is 0.496 e. The first-order valence-corrected chi connectivity index (χ1v) is 10.8. The van der Waals surface area contributed by atoms with Crippen LogP contribution < -0.4 is 9.64 Å². The molecule has 3 aromatic carbocycles. The van der Waals surface area contributed by atoms with Gasteiger partial charge in [-0.1, -0.05) is 53.3 Å². The first kappa shape index (κ1) is 19.6. The molecule has 0 aliphatic heterocycles. The Kier molecular flexibility index (Phi) is 5.10. The summed E-state index contributed by atoms with van der Waals surface area (Å²) in [6.45, 7) is 0.235. The third kappa shape index (κ3) is 3.65. The Morgan fingerprint density at radius 1 is 1.10 bits per heavy atom. The summed E-state index contributed by atoms with van der Waals surface area (Å²) in [6, 6.07) is 20.8. The number of amides is 1. The number of para-hydroxylation sites is 1. The maximum Gasteiger partial charge on any atom is 0.264 e. The number of methoxy groups -OCH3 is 1. The lowest BCUT2D eigenvalue weighted by Gasteiger charge is -2.20. The minimum Gasteiger partial charge on any atom is -0.496 e. The van der Waals surface area contributed by atoms with Crippen LogP contribution in [0, 0.1) is 0 Å². The molecule has 0 unspecified atom stereocenters. The molecule has 0 aliphatic rings. The molecule has 0 saturated carbocycles. The van der Waals surface area contributed by atoms with Gasteiger partial charge in [-0.3, -0.25) is 9.69 Å². The van der Waals surface area contributed by atoms with Gasteiger partial charge < -0.3 is 9.15 Å². The van der Waals surface area contributed by atoms with Crippen molar-refractivity contribution in [2.45, 2.75) is 6.54 Å². The van der Waals surface area contributed by atoms with E-state index < -0.39 is 0 Å². The van der Waals surface area contributed by atoms with E-state index in [1.54, 1.807) is 30.4 Å². The Bertz CT molecular complexity index is 1400. The fourth-order valence-corrected chi connectivity index (χ4v) is 4.77. The number of aromatic nitrogens is 1. The molecule has 5 rings (SSSR count). The predicted octanol–water partition coefficient (Wildman–Crippen LogP) is 6.55. The molecule has 31 heavy (non-hydrogen) atoms. The van der Waals surface area contributed by atoms with E-state index in [-0.39, 0.29) is 12.5 Å². The second-order valence-corrected chi connectivity index (χ2v) is 8.37. The maximum absolute atomic E-state index is 13.8. The van der Waals surface area contributed by atoms with Crippen LogP contribution in [0.5, 0.6) is 5.75 Å². The number of hydrogen-bond acceptors (Lipinski definition) is 5. The number of carbonyl (C=O) groups is 1. The molecule has 0 fully saturated rings. The van der Waals surface area contributed by atoms with Crippen molar-refractivity contribution in [3.05, 3.63) is 89.3 Å². The van der Waals surface area contributed by atoms with Gasteiger partial charge in [-0.2, -0.15) is 0 Å². The molecule has 5 aromatic rings. The molecule has 0 spiro atoms. The number of fused-ring (bicyclic) bond motifs is 2.